The molecule has 0 aliphatic carbocycles. The van der Waals surface area contributed by atoms with Crippen molar-refractivity contribution in [3.8, 4) is 0 Å². The Morgan fingerprint density at radius 2 is 2.21 bits per heavy atom. The minimum atomic E-state index is -0.568. The second kappa shape index (κ2) is 6.15. The molecule has 6 heteroatoms. The number of aryl methyl sites for hydroxylation is 3. The van der Waals surface area contributed by atoms with Crippen molar-refractivity contribution in [3.63, 3.8) is 0 Å². The molecular weight excluding hydrogens is 326 g/mol. The van der Waals surface area contributed by atoms with Gasteiger partial charge in [0.05, 0.1) is 15.9 Å². The molecule has 0 saturated heterocycles. The maximum absolute atomic E-state index is 10.3. The van der Waals surface area contributed by atoms with E-state index < -0.39 is 6.10 Å². The first-order valence-electron chi connectivity index (χ1n) is 6.40. The standard InChI is InChI=1S/C13H18BrN3OS/c1-4-9-12(14)10(17(5-2)16-9)6-11(18)13-15-8(3)7-19-13/h7,11,18H,4-6H2,1-3H3. The lowest BCUT2D eigenvalue weighted by Gasteiger charge is -2.09. The Balaban J connectivity index is 2.25. The smallest absolute Gasteiger partial charge is 0.122 e. The van der Waals surface area contributed by atoms with Crippen LogP contribution < -0.4 is 0 Å². The fraction of sp³-hybridized carbons (Fsp3) is 0.538. The highest BCUT2D eigenvalue weighted by Crippen LogP contribution is 2.28. The first-order chi connectivity index (χ1) is 9.06. The molecule has 0 saturated carbocycles. The molecule has 0 aliphatic heterocycles. The number of nitrogens with zero attached hydrogens (tertiary/aromatic N) is 3. The summed E-state index contributed by atoms with van der Waals surface area (Å²) in [5.41, 5.74) is 3.04. The van der Waals surface area contributed by atoms with Gasteiger partial charge in [-0.3, -0.25) is 4.68 Å². The first kappa shape index (κ1) is 14.7. The minimum absolute atomic E-state index is 0.536. The van der Waals surface area contributed by atoms with Gasteiger partial charge >= 0.3 is 0 Å². The molecule has 2 heterocycles. The lowest BCUT2D eigenvalue weighted by molar-refractivity contribution is 0.174. The van der Waals surface area contributed by atoms with Gasteiger partial charge in [-0.25, -0.2) is 4.98 Å². The average Bonchev–Trinajstić information content (AvgIpc) is 2.95. The third kappa shape index (κ3) is 3.07. The van der Waals surface area contributed by atoms with Gasteiger partial charge in [-0.2, -0.15) is 5.10 Å². The van der Waals surface area contributed by atoms with E-state index in [0.717, 1.165) is 39.5 Å². The highest BCUT2D eigenvalue weighted by molar-refractivity contribution is 9.10. The summed E-state index contributed by atoms with van der Waals surface area (Å²) in [7, 11) is 0. The number of aromatic nitrogens is 3. The van der Waals surface area contributed by atoms with Crippen LogP contribution in [0.3, 0.4) is 0 Å². The second-order valence-electron chi connectivity index (χ2n) is 4.42. The lowest BCUT2D eigenvalue weighted by atomic mass is 10.2. The van der Waals surface area contributed by atoms with Gasteiger partial charge in [0, 0.05) is 24.0 Å². The van der Waals surface area contributed by atoms with Crippen molar-refractivity contribution < 1.29 is 5.11 Å². The van der Waals surface area contributed by atoms with Crippen LogP contribution in [0.25, 0.3) is 0 Å². The Morgan fingerprint density at radius 3 is 2.74 bits per heavy atom. The third-order valence-corrected chi connectivity index (χ3v) is 4.98. The fourth-order valence-corrected chi connectivity index (χ4v) is 3.52. The maximum atomic E-state index is 10.3. The van der Waals surface area contributed by atoms with E-state index in [2.05, 4.69) is 39.9 Å². The fourth-order valence-electron chi connectivity index (χ4n) is 2.01. The van der Waals surface area contributed by atoms with Crippen LogP contribution in [0.4, 0.5) is 0 Å². The molecule has 1 unspecified atom stereocenters. The number of halogens is 1. The van der Waals surface area contributed by atoms with Gasteiger partial charge in [0.1, 0.15) is 11.1 Å². The van der Waals surface area contributed by atoms with Gasteiger partial charge in [-0.15, -0.1) is 11.3 Å². The molecule has 0 aliphatic rings. The predicted molar refractivity (Wildman–Crippen MR) is 80.5 cm³/mol. The van der Waals surface area contributed by atoms with Crippen molar-refractivity contribution in [2.24, 2.45) is 0 Å². The zero-order valence-electron chi connectivity index (χ0n) is 11.4. The summed E-state index contributed by atoms with van der Waals surface area (Å²) in [4.78, 5) is 4.34. The summed E-state index contributed by atoms with van der Waals surface area (Å²) >= 11 is 5.10. The van der Waals surface area contributed by atoms with Crippen molar-refractivity contribution in [2.45, 2.75) is 46.3 Å². The van der Waals surface area contributed by atoms with E-state index in [-0.39, 0.29) is 0 Å². The van der Waals surface area contributed by atoms with Gasteiger partial charge in [-0.05, 0) is 36.2 Å². The molecule has 2 rings (SSSR count). The minimum Gasteiger partial charge on any atom is -0.386 e. The van der Waals surface area contributed by atoms with Gasteiger partial charge in [0.2, 0.25) is 0 Å². The van der Waals surface area contributed by atoms with Gasteiger partial charge in [0.15, 0.2) is 0 Å². The molecule has 1 atom stereocenters. The van der Waals surface area contributed by atoms with Crippen LogP contribution in [0, 0.1) is 6.92 Å². The quantitative estimate of drug-likeness (QED) is 0.906. The maximum Gasteiger partial charge on any atom is 0.122 e. The SMILES string of the molecule is CCc1nn(CC)c(CC(O)c2nc(C)cs2)c1Br. The van der Waals surface area contributed by atoms with Crippen LogP contribution in [-0.4, -0.2) is 19.9 Å². The van der Waals surface area contributed by atoms with Crippen LogP contribution in [0.2, 0.25) is 0 Å². The van der Waals surface area contributed by atoms with E-state index in [1.165, 1.54) is 11.3 Å². The molecule has 0 bridgehead atoms. The zero-order valence-corrected chi connectivity index (χ0v) is 13.8. The summed E-state index contributed by atoms with van der Waals surface area (Å²) in [5, 5.41) is 17.6. The monoisotopic (exact) mass is 343 g/mol. The third-order valence-electron chi connectivity index (χ3n) is 3.00. The Kier molecular flexibility index (Phi) is 4.76. The van der Waals surface area contributed by atoms with E-state index in [0.29, 0.717) is 6.42 Å². The molecule has 0 aromatic carbocycles. The number of aliphatic hydroxyl groups excluding tert-OH is 1. The van der Waals surface area contributed by atoms with Crippen molar-refractivity contribution in [2.75, 3.05) is 0 Å². The van der Waals surface area contributed by atoms with Crippen molar-refractivity contribution >= 4 is 27.3 Å². The molecule has 1 N–H and O–H groups in total. The average molecular weight is 344 g/mol. The Bertz CT molecular complexity index is 564. The summed E-state index contributed by atoms with van der Waals surface area (Å²) in [6, 6.07) is 0. The Morgan fingerprint density at radius 1 is 1.47 bits per heavy atom. The molecule has 0 fully saturated rings. The molecule has 2 aromatic heterocycles. The van der Waals surface area contributed by atoms with Crippen LogP contribution in [-0.2, 0) is 19.4 Å². The normalized spacial score (nSPS) is 12.9. The van der Waals surface area contributed by atoms with Gasteiger partial charge < -0.3 is 5.11 Å². The molecule has 4 nitrogen and oxygen atoms in total. The van der Waals surface area contributed by atoms with E-state index in [4.69, 9.17) is 0 Å². The van der Waals surface area contributed by atoms with Crippen molar-refractivity contribution in [1.82, 2.24) is 14.8 Å². The van der Waals surface area contributed by atoms with Crippen molar-refractivity contribution in [1.29, 1.82) is 0 Å². The summed E-state index contributed by atoms with van der Waals surface area (Å²) in [6.07, 6.45) is 0.850. The second-order valence-corrected chi connectivity index (χ2v) is 6.11. The summed E-state index contributed by atoms with van der Waals surface area (Å²) in [5.74, 6) is 0. The molecule has 104 valence electrons. The number of hydrogen-bond donors (Lipinski definition) is 1. The zero-order chi connectivity index (χ0) is 14.0. The Hall–Kier alpha value is -0.720. The lowest BCUT2D eigenvalue weighted by Crippen LogP contribution is -2.08. The predicted octanol–water partition coefficient (Wildman–Crippen LogP) is 3.27. The van der Waals surface area contributed by atoms with Crippen molar-refractivity contribution in [3.05, 3.63) is 31.9 Å². The molecule has 0 spiro atoms. The topological polar surface area (TPSA) is 50.9 Å². The van der Waals surface area contributed by atoms with Crippen LogP contribution in [0.1, 0.15) is 42.0 Å². The number of rotatable bonds is 5. The van der Waals surface area contributed by atoms with Gasteiger partial charge in [0.25, 0.3) is 0 Å². The van der Waals surface area contributed by atoms with Gasteiger partial charge in [-0.1, -0.05) is 6.92 Å². The Labute approximate surface area is 125 Å². The van der Waals surface area contributed by atoms with E-state index in [9.17, 15) is 5.11 Å². The molecular formula is C13H18BrN3OS. The van der Waals surface area contributed by atoms with Crippen LogP contribution in [0.15, 0.2) is 9.85 Å². The van der Waals surface area contributed by atoms with Crippen LogP contribution >= 0.6 is 27.3 Å². The first-order valence-corrected chi connectivity index (χ1v) is 8.08. The van der Waals surface area contributed by atoms with E-state index in [1.54, 1.807) is 0 Å². The molecule has 0 radical (unpaired) electrons. The van der Waals surface area contributed by atoms with Crippen LogP contribution in [0.5, 0.6) is 0 Å². The molecule has 19 heavy (non-hydrogen) atoms. The molecule has 2 aromatic rings. The molecule has 0 amide bonds. The van der Waals surface area contributed by atoms with E-state index in [1.807, 2.05) is 17.0 Å². The largest absolute Gasteiger partial charge is 0.386 e. The highest BCUT2D eigenvalue weighted by Gasteiger charge is 2.19. The summed E-state index contributed by atoms with van der Waals surface area (Å²) < 4.78 is 2.97. The summed E-state index contributed by atoms with van der Waals surface area (Å²) in [6.45, 7) is 6.88. The number of hydrogen-bond acceptors (Lipinski definition) is 4. The number of thiazole rings is 1. The number of aliphatic hydroxyl groups is 1. The highest BCUT2D eigenvalue weighted by atomic mass is 79.9. The van der Waals surface area contributed by atoms with E-state index >= 15 is 0 Å².